The minimum Gasteiger partial charge on any atom is -0.508 e. The summed E-state index contributed by atoms with van der Waals surface area (Å²) in [6.07, 6.45) is 0. The number of benzene rings is 2. The molecule has 1 aliphatic rings. The molecule has 0 atom stereocenters. The van der Waals surface area contributed by atoms with Crippen LogP contribution < -0.4 is 15.1 Å². The molecule has 1 aliphatic heterocycles. The molecule has 0 saturated carbocycles. The Kier molecular flexibility index (Phi) is 5.14. The molecule has 132 valence electrons. The highest BCUT2D eigenvalue weighted by Crippen LogP contribution is 2.18. The summed E-state index contributed by atoms with van der Waals surface area (Å²) >= 11 is 0. The second kappa shape index (κ2) is 7.48. The predicted molar refractivity (Wildman–Crippen MR) is 90.9 cm³/mol. The van der Waals surface area contributed by atoms with Crippen LogP contribution in [0.2, 0.25) is 0 Å². The number of piperazine rings is 1. The van der Waals surface area contributed by atoms with Crippen molar-refractivity contribution in [1.29, 1.82) is 0 Å². The van der Waals surface area contributed by atoms with Crippen LogP contribution in [-0.2, 0) is 4.79 Å². The van der Waals surface area contributed by atoms with E-state index in [9.17, 15) is 18.7 Å². The van der Waals surface area contributed by atoms with Crippen molar-refractivity contribution in [2.24, 2.45) is 0 Å². The van der Waals surface area contributed by atoms with Crippen LogP contribution in [0.5, 0.6) is 5.75 Å². The standard InChI is InChI=1S/C18H19F2N3O2/c19-16-6-1-13(11-17(16)20)21-18(25)12-22-7-9-23(10-8-22)14-2-4-15(24)5-3-14/h1-6,11,24H,7-10,12H2,(H,21,25)/p+1. The van der Waals surface area contributed by atoms with Crippen molar-refractivity contribution in [2.75, 3.05) is 42.9 Å². The minimum atomic E-state index is -0.979. The Labute approximate surface area is 144 Å². The molecule has 3 N–H and O–H groups in total. The zero-order valence-corrected chi connectivity index (χ0v) is 13.6. The molecule has 2 aromatic rings. The molecule has 25 heavy (non-hydrogen) atoms. The van der Waals surface area contributed by atoms with E-state index in [4.69, 9.17) is 0 Å². The van der Waals surface area contributed by atoms with Crippen molar-refractivity contribution in [2.45, 2.75) is 0 Å². The Bertz CT molecular complexity index is 744. The molecule has 1 saturated heterocycles. The van der Waals surface area contributed by atoms with Crippen LogP contribution in [0.25, 0.3) is 0 Å². The van der Waals surface area contributed by atoms with Gasteiger partial charge in [-0.3, -0.25) is 4.79 Å². The molecule has 2 aromatic carbocycles. The van der Waals surface area contributed by atoms with Gasteiger partial charge in [-0.15, -0.1) is 0 Å². The maximum absolute atomic E-state index is 13.2. The van der Waals surface area contributed by atoms with Crippen LogP contribution in [0.4, 0.5) is 20.2 Å². The van der Waals surface area contributed by atoms with Gasteiger partial charge in [0.2, 0.25) is 0 Å². The summed E-state index contributed by atoms with van der Waals surface area (Å²) < 4.78 is 26.1. The van der Waals surface area contributed by atoms with E-state index >= 15 is 0 Å². The third kappa shape index (κ3) is 4.45. The van der Waals surface area contributed by atoms with Gasteiger partial charge in [0.25, 0.3) is 5.91 Å². The summed E-state index contributed by atoms with van der Waals surface area (Å²) in [5, 5.41) is 11.9. The van der Waals surface area contributed by atoms with E-state index < -0.39 is 11.6 Å². The molecular weight excluding hydrogens is 328 g/mol. The monoisotopic (exact) mass is 348 g/mol. The number of halogens is 2. The largest absolute Gasteiger partial charge is 0.508 e. The summed E-state index contributed by atoms with van der Waals surface area (Å²) in [6.45, 7) is 3.48. The molecule has 1 amide bonds. The number of carbonyl (C=O) groups is 1. The number of rotatable bonds is 4. The fraction of sp³-hybridized carbons (Fsp3) is 0.278. The van der Waals surface area contributed by atoms with E-state index in [2.05, 4.69) is 10.2 Å². The van der Waals surface area contributed by atoms with Crippen molar-refractivity contribution < 1.29 is 23.6 Å². The first-order valence-corrected chi connectivity index (χ1v) is 8.14. The molecule has 0 unspecified atom stereocenters. The van der Waals surface area contributed by atoms with Gasteiger partial charge in [-0.1, -0.05) is 0 Å². The van der Waals surface area contributed by atoms with Gasteiger partial charge in [-0.2, -0.15) is 0 Å². The lowest BCUT2D eigenvalue weighted by Gasteiger charge is -2.33. The summed E-state index contributed by atoms with van der Waals surface area (Å²) in [5.41, 5.74) is 1.30. The number of aromatic hydroxyl groups is 1. The Morgan fingerprint density at radius 2 is 1.76 bits per heavy atom. The number of hydrogen-bond donors (Lipinski definition) is 3. The summed E-state index contributed by atoms with van der Waals surface area (Å²) in [5.74, 6) is -1.90. The van der Waals surface area contributed by atoms with E-state index in [-0.39, 0.29) is 23.9 Å². The molecule has 0 aromatic heterocycles. The van der Waals surface area contributed by atoms with E-state index in [1.54, 1.807) is 12.1 Å². The first kappa shape index (κ1) is 17.2. The predicted octanol–water partition coefficient (Wildman–Crippen LogP) is 1.01. The number of nitrogens with one attached hydrogen (secondary N) is 2. The Morgan fingerprint density at radius 3 is 2.40 bits per heavy atom. The van der Waals surface area contributed by atoms with E-state index in [1.807, 2.05) is 12.1 Å². The SMILES string of the molecule is O=C(C[NH+]1CCN(c2ccc(O)cc2)CC1)Nc1ccc(F)c(F)c1. The van der Waals surface area contributed by atoms with E-state index in [0.717, 1.165) is 48.9 Å². The Morgan fingerprint density at radius 1 is 1.08 bits per heavy atom. The number of hydrogen-bond acceptors (Lipinski definition) is 3. The Hall–Kier alpha value is -2.67. The van der Waals surface area contributed by atoms with Crippen LogP contribution in [-0.4, -0.2) is 43.7 Å². The van der Waals surface area contributed by atoms with Gasteiger partial charge < -0.3 is 20.2 Å². The van der Waals surface area contributed by atoms with Gasteiger partial charge in [0.15, 0.2) is 18.2 Å². The van der Waals surface area contributed by atoms with Crippen molar-refractivity contribution in [3.8, 4) is 5.75 Å². The zero-order valence-electron chi connectivity index (χ0n) is 13.6. The van der Waals surface area contributed by atoms with Crippen molar-refractivity contribution in [1.82, 2.24) is 0 Å². The quantitative estimate of drug-likeness (QED) is 0.773. The van der Waals surface area contributed by atoms with Crippen LogP contribution in [0.15, 0.2) is 42.5 Å². The smallest absolute Gasteiger partial charge is 0.279 e. The summed E-state index contributed by atoms with van der Waals surface area (Å²) in [6, 6.07) is 10.4. The van der Waals surface area contributed by atoms with Gasteiger partial charge in [0.1, 0.15) is 5.75 Å². The van der Waals surface area contributed by atoms with Crippen LogP contribution >= 0.6 is 0 Å². The van der Waals surface area contributed by atoms with Gasteiger partial charge in [-0.05, 0) is 36.4 Å². The fourth-order valence-corrected chi connectivity index (χ4v) is 2.93. The second-order valence-corrected chi connectivity index (χ2v) is 6.11. The van der Waals surface area contributed by atoms with E-state index in [1.165, 1.54) is 6.07 Å². The maximum atomic E-state index is 13.2. The number of amides is 1. The van der Waals surface area contributed by atoms with Crippen molar-refractivity contribution in [3.05, 3.63) is 54.1 Å². The molecule has 1 heterocycles. The molecular formula is C18H20F2N3O2+. The lowest BCUT2D eigenvalue weighted by atomic mass is 10.2. The number of anilines is 2. The van der Waals surface area contributed by atoms with Crippen LogP contribution in [0.3, 0.4) is 0 Å². The average Bonchev–Trinajstić information content (AvgIpc) is 2.60. The Balaban J connectivity index is 1.49. The van der Waals surface area contributed by atoms with Gasteiger partial charge in [0, 0.05) is 17.4 Å². The molecule has 1 fully saturated rings. The first-order chi connectivity index (χ1) is 12.0. The normalized spacial score (nSPS) is 15.2. The molecule has 5 nitrogen and oxygen atoms in total. The highest BCUT2D eigenvalue weighted by atomic mass is 19.2. The molecule has 0 radical (unpaired) electrons. The van der Waals surface area contributed by atoms with Gasteiger partial charge in [-0.25, -0.2) is 8.78 Å². The van der Waals surface area contributed by atoms with Crippen LogP contribution in [0.1, 0.15) is 0 Å². The molecule has 7 heteroatoms. The molecule has 0 aliphatic carbocycles. The number of quaternary nitrogens is 1. The second-order valence-electron chi connectivity index (χ2n) is 6.11. The topological polar surface area (TPSA) is 57.0 Å². The minimum absolute atomic E-state index is 0.223. The third-order valence-electron chi connectivity index (χ3n) is 4.30. The number of carbonyl (C=O) groups excluding carboxylic acids is 1. The zero-order chi connectivity index (χ0) is 17.8. The van der Waals surface area contributed by atoms with Gasteiger partial charge in [0.05, 0.1) is 26.2 Å². The van der Waals surface area contributed by atoms with Crippen LogP contribution in [0, 0.1) is 11.6 Å². The lowest BCUT2D eigenvalue weighted by Crippen LogP contribution is -3.15. The van der Waals surface area contributed by atoms with Gasteiger partial charge >= 0.3 is 0 Å². The number of phenols is 1. The van der Waals surface area contributed by atoms with E-state index in [0.29, 0.717) is 0 Å². The highest BCUT2D eigenvalue weighted by molar-refractivity contribution is 5.91. The number of phenolic OH excluding ortho intramolecular Hbond substituents is 1. The van der Waals surface area contributed by atoms with Crippen molar-refractivity contribution in [3.63, 3.8) is 0 Å². The lowest BCUT2D eigenvalue weighted by molar-refractivity contribution is -0.892. The fourth-order valence-electron chi connectivity index (χ4n) is 2.93. The van der Waals surface area contributed by atoms with Crippen molar-refractivity contribution >= 4 is 17.3 Å². The molecule has 0 bridgehead atoms. The maximum Gasteiger partial charge on any atom is 0.279 e. The average molecular weight is 348 g/mol. The molecule has 3 rings (SSSR count). The third-order valence-corrected chi connectivity index (χ3v) is 4.30. The highest BCUT2D eigenvalue weighted by Gasteiger charge is 2.22. The number of nitrogens with zero attached hydrogens (tertiary/aromatic N) is 1. The molecule has 0 spiro atoms. The summed E-state index contributed by atoms with van der Waals surface area (Å²) in [4.78, 5) is 15.4. The first-order valence-electron chi connectivity index (χ1n) is 8.14. The summed E-state index contributed by atoms with van der Waals surface area (Å²) in [7, 11) is 0.